The summed E-state index contributed by atoms with van der Waals surface area (Å²) in [5.41, 5.74) is 0.509. The van der Waals surface area contributed by atoms with E-state index in [1.807, 2.05) is 6.92 Å². The minimum atomic E-state index is -0.174. The van der Waals surface area contributed by atoms with Gasteiger partial charge in [0.1, 0.15) is 5.75 Å². The number of hydrogen-bond acceptors (Lipinski definition) is 3. The molecule has 0 saturated heterocycles. The molecule has 0 bridgehead atoms. The molecule has 0 aliphatic carbocycles. The van der Waals surface area contributed by atoms with Gasteiger partial charge in [-0.25, -0.2) is 0 Å². The van der Waals surface area contributed by atoms with Crippen LogP contribution in [0.5, 0.6) is 5.75 Å². The van der Waals surface area contributed by atoms with E-state index >= 15 is 0 Å². The molecule has 0 radical (unpaired) electrons. The molecule has 0 saturated carbocycles. The van der Waals surface area contributed by atoms with Crippen molar-refractivity contribution in [1.82, 2.24) is 5.32 Å². The molecule has 1 N–H and O–H groups in total. The van der Waals surface area contributed by atoms with E-state index in [-0.39, 0.29) is 5.91 Å². The molecule has 0 unspecified atom stereocenters. The van der Waals surface area contributed by atoms with Crippen molar-refractivity contribution in [2.45, 2.75) is 6.92 Å². The predicted octanol–water partition coefficient (Wildman–Crippen LogP) is 2.11. The smallest absolute Gasteiger partial charge is 0.251 e. The van der Waals surface area contributed by atoms with Gasteiger partial charge in [0.2, 0.25) is 0 Å². The van der Waals surface area contributed by atoms with E-state index in [0.29, 0.717) is 36.1 Å². The maximum absolute atomic E-state index is 11.7. The monoisotopic (exact) mass is 257 g/mol. The van der Waals surface area contributed by atoms with Gasteiger partial charge in [-0.15, -0.1) is 0 Å². The second-order valence-electron chi connectivity index (χ2n) is 3.33. The lowest BCUT2D eigenvalue weighted by atomic mass is 10.2. The van der Waals surface area contributed by atoms with Crippen molar-refractivity contribution in [2.75, 3.05) is 26.9 Å². The van der Waals surface area contributed by atoms with Crippen LogP contribution in [-0.4, -0.2) is 32.8 Å². The van der Waals surface area contributed by atoms with E-state index in [4.69, 9.17) is 21.1 Å². The van der Waals surface area contributed by atoms with Gasteiger partial charge in [-0.1, -0.05) is 11.6 Å². The average Bonchev–Trinajstić information content (AvgIpc) is 2.32. The van der Waals surface area contributed by atoms with E-state index in [1.165, 1.54) is 0 Å². The summed E-state index contributed by atoms with van der Waals surface area (Å²) in [6.07, 6.45) is 0. The summed E-state index contributed by atoms with van der Waals surface area (Å²) in [5.74, 6) is 0.412. The van der Waals surface area contributed by atoms with Crippen molar-refractivity contribution < 1.29 is 14.3 Å². The Hall–Kier alpha value is -1.26. The third-order valence-corrected chi connectivity index (χ3v) is 2.38. The molecule has 0 spiro atoms. The van der Waals surface area contributed by atoms with Gasteiger partial charge in [-0.05, 0) is 25.1 Å². The lowest BCUT2D eigenvalue weighted by Crippen LogP contribution is -2.26. The summed E-state index contributed by atoms with van der Waals surface area (Å²) in [6, 6.07) is 4.96. The van der Waals surface area contributed by atoms with E-state index in [9.17, 15) is 4.79 Å². The Balaban J connectivity index is 2.65. The maximum atomic E-state index is 11.7. The Morgan fingerprint density at radius 3 is 2.82 bits per heavy atom. The fourth-order valence-electron chi connectivity index (χ4n) is 1.28. The molecule has 94 valence electrons. The van der Waals surface area contributed by atoms with Crippen LogP contribution in [0.4, 0.5) is 0 Å². The summed E-state index contributed by atoms with van der Waals surface area (Å²) >= 11 is 5.98. The first-order valence-electron chi connectivity index (χ1n) is 5.38. The summed E-state index contributed by atoms with van der Waals surface area (Å²) in [7, 11) is 1.58. The van der Waals surface area contributed by atoms with Crippen LogP contribution >= 0.6 is 11.6 Å². The standard InChI is InChI=1S/C12H16ClNO3/c1-3-17-11-5-4-9(8-10(11)13)12(15)14-6-7-16-2/h4-5,8H,3,6-7H2,1-2H3,(H,14,15). The molecule has 1 aromatic carbocycles. The second kappa shape index (κ2) is 7.14. The molecule has 0 aliphatic rings. The van der Waals surface area contributed by atoms with Gasteiger partial charge in [-0.2, -0.15) is 0 Å². The molecular formula is C12H16ClNO3. The Labute approximate surface area is 106 Å². The molecule has 1 amide bonds. The Morgan fingerprint density at radius 2 is 2.24 bits per heavy atom. The average molecular weight is 258 g/mol. The number of rotatable bonds is 6. The van der Waals surface area contributed by atoms with Crippen LogP contribution in [-0.2, 0) is 4.74 Å². The summed E-state index contributed by atoms with van der Waals surface area (Å²) in [5, 5.41) is 3.15. The maximum Gasteiger partial charge on any atom is 0.251 e. The molecule has 0 aliphatic heterocycles. The zero-order chi connectivity index (χ0) is 12.7. The van der Waals surface area contributed by atoms with E-state index in [1.54, 1.807) is 25.3 Å². The van der Waals surface area contributed by atoms with Crippen LogP contribution in [0.3, 0.4) is 0 Å². The van der Waals surface area contributed by atoms with Gasteiger partial charge in [0, 0.05) is 19.2 Å². The minimum absolute atomic E-state index is 0.174. The number of halogens is 1. The van der Waals surface area contributed by atoms with Crippen LogP contribution in [0, 0.1) is 0 Å². The van der Waals surface area contributed by atoms with Gasteiger partial charge in [0.05, 0.1) is 18.2 Å². The van der Waals surface area contributed by atoms with Gasteiger partial charge >= 0.3 is 0 Å². The van der Waals surface area contributed by atoms with Crippen LogP contribution in [0.15, 0.2) is 18.2 Å². The first kappa shape index (κ1) is 13.8. The largest absolute Gasteiger partial charge is 0.492 e. The number of carbonyl (C=O) groups is 1. The molecule has 0 atom stereocenters. The zero-order valence-corrected chi connectivity index (χ0v) is 10.7. The molecule has 0 fully saturated rings. The SMILES string of the molecule is CCOc1ccc(C(=O)NCCOC)cc1Cl. The third-order valence-electron chi connectivity index (χ3n) is 2.09. The summed E-state index contributed by atoms with van der Waals surface area (Å²) in [6.45, 7) is 3.37. The lowest BCUT2D eigenvalue weighted by Gasteiger charge is -2.08. The fourth-order valence-corrected chi connectivity index (χ4v) is 1.52. The quantitative estimate of drug-likeness (QED) is 0.794. The molecule has 0 aromatic heterocycles. The number of methoxy groups -OCH3 is 1. The van der Waals surface area contributed by atoms with E-state index in [0.717, 1.165) is 0 Å². The highest BCUT2D eigenvalue weighted by atomic mass is 35.5. The topological polar surface area (TPSA) is 47.6 Å². The molecular weight excluding hydrogens is 242 g/mol. The minimum Gasteiger partial charge on any atom is -0.492 e. The normalized spacial score (nSPS) is 10.1. The van der Waals surface area contributed by atoms with Gasteiger partial charge in [0.15, 0.2) is 0 Å². The lowest BCUT2D eigenvalue weighted by molar-refractivity contribution is 0.0937. The Bertz CT molecular complexity index is 382. The number of carbonyl (C=O) groups excluding carboxylic acids is 1. The highest BCUT2D eigenvalue weighted by Crippen LogP contribution is 2.25. The molecule has 1 aromatic rings. The van der Waals surface area contributed by atoms with Crippen LogP contribution < -0.4 is 10.1 Å². The van der Waals surface area contributed by atoms with E-state index in [2.05, 4.69) is 5.32 Å². The molecule has 17 heavy (non-hydrogen) atoms. The second-order valence-corrected chi connectivity index (χ2v) is 3.73. The van der Waals surface area contributed by atoms with Crippen LogP contribution in [0.1, 0.15) is 17.3 Å². The third kappa shape index (κ3) is 4.24. The Kier molecular flexibility index (Phi) is 5.80. The van der Waals surface area contributed by atoms with Crippen molar-refractivity contribution >= 4 is 17.5 Å². The highest BCUT2D eigenvalue weighted by molar-refractivity contribution is 6.32. The van der Waals surface area contributed by atoms with Crippen LogP contribution in [0.2, 0.25) is 5.02 Å². The highest BCUT2D eigenvalue weighted by Gasteiger charge is 2.08. The molecule has 0 heterocycles. The number of amides is 1. The van der Waals surface area contributed by atoms with Gasteiger partial charge in [-0.3, -0.25) is 4.79 Å². The molecule has 1 rings (SSSR count). The summed E-state index contributed by atoms with van der Waals surface area (Å²) < 4.78 is 10.1. The van der Waals surface area contributed by atoms with Crippen molar-refractivity contribution in [2.24, 2.45) is 0 Å². The van der Waals surface area contributed by atoms with E-state index < -0.39 is 0 Å². The predicted molar refractivity (Wildman–Crippen MR) is 66.8 cm³/mol. The first-order valence-corrected chi connectivity index (χ1v) is 5.76. The van der Waals surface area contributed by atoms with Crippen LogP contribution in [0.25, 0.3) is 0 Å². The van der Waals surface area contributed by atoms with Crippen molar-refractivity contribution in [3.8, 4) is 5.75 Å². The zero-order valence-electron chi connectivity index (χ0n) is 9.96. The number of hydrogen-bond donors (Lipinski definition) is 1. The number of benzene rings is 1. The molecule has 4 nitrogen and oxygen atoms in total. The summed E-state index contributed by atoms with van der Waals surface area (Å²) in [4.78, 5) is 11.7. The van der Waals surface area contributed by atoms with Gasteiger partial charge < -0.3 is 14.8 Å². The Morgan fingerprint density at radius 1 is 1.47 bits per heavy atom. The van der Waals surface area contributed by atoms with Gasteiger partial charge in [0.25, 0.3) is 5.91 Å². The molecule has 5 heteroatoms. The van der Waals surface area contributed by atoms with Crippen molar-refractivity contribution in [3.63, 3.8) is 0 Å². The van der Waals surface area contributed by atoms with Crippen molar-refractivity contribution in [3.05, 3.63) is 28.8 Å². The number of nitrogens with one attached hydrogen (secondary N) is 1. The fraction of sp³-hybridized carbons (Fsp3) is 0.417. The van der Waals surface area contributed by atoms with Crippen molar-refractivity contribution in [1.29, 1.82) is 0 Å². The number of ether oxygens (including phenoxy) is 2. The first-order chi connectivity index (χ1) is 8.19.